The summed E-state index contributed by atoms with van der Waals surface area (Å²) in [6, 6.07) is 62.4. The molecule has 12 rings (SSSR count). The Bertz CT molecular complexity index is 3910. The zero-order valence-electron chi connectivity index (χ0n) is 37.5. The average Bonchev–Trinajstić information content (AvgIpc) is 3.99. The number of para-hydroxylation sites is 3. The lowest BCUT2D eigenvalue weighted by molar-refractivity contribution is 1.17. The Morgan fingerprint density at radius 2 is 0.766 bits per heavy atom. The SMILES string of the molecule is Bc1c(B)c(B)c2c(c1B)c1c(B)c(-c3ccc4c5c6c7ccccc7n(-c7cccc(-c8ccccc8)c7)c6ccc5n(-c5ccccc5)c4c3)c(B)c(B)c1n2-c1ccccc1. The minimum Gasteiger partial charge on any atom is -0.310 e. The molecule has 3 aromatic heterocycles. The Morgan fingerprint density at radius 3 is 1.44 bits per heavy atom. The standard InChI is InChI=1S/C54H42B7N3/c55-46-41(47(56)51(60)53-44(46)45-48(57)49(58)50(59)52(61)54(45)64(53)33-18-8-3-9-19-33)31-23-24-36-40(28-31)62(32-16-6-2-7-17-32)38-25-26-39-42(43(36)38)35-21-10-11-22-37(35)63(39)34-20-12-15-30(27-34)29-13-4-1-5-14-29/h1-28H,55-61H2. The van der Waals surface area contributed by atoms with Crippen molar-refractivity contribution in [2.24, 2.45) is 0 Å². The predicted octanol–water partition coefficient (Wildman–Crippen LogP) is 2.12. The third kappa shape index (κ3) is 5.38. The van der Waals surface area contributed by atoms with Crippen LogP contribution in [-0.4, -0.2) is 68.6 Å². The fourth-order valence-corrected chi connectivity index (χ4v) is 11.3. The number of hydrogen-bond donors (Lipinski definition) is 0. The van der Waals surface area contributed by atoms with E-state index < -0.39 is 0 Å². The first-order valence-electron chi connectivity index (χ1n) is 22.5. The molecule has 9 aromatic carbocycles. The highest BCUT2D eigenvalue weighted by molar-refractivity contribution is 6.69. The second kappa shape index (κ2) is 14.4. The smallest absolute Gasteiger partial charge is 0.141 e. The van der Waals surface area contributed by atoms with Gasteiger partial charge in [-0.1, -0.05) is 142 Å². The van der Waals surface area contributed by atoms with Crippen molar-refractivity contribution in [3.8, 4) is 39.3 Å². The predicted molar refractivity (Wildman–Crippen MR) is 298 cm³/mol. The lowest BCUT2D eigenvalue weighted by Gasteiger charge is -2.19. The van der Waals surface area contributed by atoms with Gasteiger partial charge in [-0.25, -0.2) is 0 Å². The van der Waals surface area contributed by atoms with Gasteiger partial charge in [0.15, 0.2) is 0 Å². The molecular formula is C54H42B7N3. The Morgan fingerprint density at radius 1 is 0.266 bits per heavy atom. The molecule has 12 aromatic rings. The van der Waals surface area contributed by atoms with E-state index in [1.54, 1.807) is 0 Å². The molecule has 294 valence electrons. The molecule has 0 amide bonds. The van der Waals surface area contributed by atoms with Crippen molar-refractivity contribution in [3.05, 3.63) is 170 Å². The van der Waals surface area contributed by atoms with Crippen LogP contribution in [0.2, 0.25) is 0 Å². The highest BCUT2D eigenvalue weighted by Crippen LogP contribution is 2.43. The van der Waals surface area contributed by atoms with Gasteiger partial charge in [0.25, 0.3) is 0 Å². The molecule has 0 fully saturated rings. The second-order valence-electron chi connectivity index (χ2n) is 17.9. The largest absolute Gasteiger partial charge is 0.310 e. The van der Waals surface area contributed by atoms with Crippen LogP contribution >= 0.6 is 0 Å². The van der Waals surface area contributed by atoms with Gasteiger partial charge in [-0.05, 0) is 88.3 Å². The minimum atomic E-state index is 1.15. The third-order valence-corrected chi connectivity index (χ3v) is 14.7. The van der Waals surface area contributed by atoms with Crippen molar-refractivity contribution in [3.63, 3.8) is 0 Å². The molecule has 0 unspecified atom stereocenters. The quantitative estimate of drug-likeness (QED) is 0.237. The topological polar surface area (TPSA) is 14.8 Å². The number of fused-ring (bicyclic) bond motifs is 10. The van der Waals surface area contributed by atoms with Crippen LogP contribution in [0.15, 0.2) is 170 Å². The average molecular weight is 809 g/mol. The molecule has 0 aliphatic carbocycles. The lowest BCUT2D eigenvalue weighted by Crippen LogP contribution is -2.48. The summed E-state index contributed by atoms with van der Waals surface area (Å²) in [4.78, 5) is 0. The maximum absolute atomic E-state index is 2.55. The Balaban J connectivity index is 1.17. The van der Waals surface area contributed by atoms with E-state index in [-0.39, 0.29) is 0 Å². The Labute approximate surface area is 379 Å². The highest BCUT2D eigenvalue weighted by atomic mass is 15.0. The lowest BCUT2D eigenvalue weighted by atomic mass is 9.64. The van der Waals surface area contributed by atoms with Gasteiger partial charge in [0.1, 0.15) is 54.9 Å². The summed E-state index contributed by atoms with van der Waals surface area (Å²) in [5.41, 5.74) is 25.4. The van der Waals surface area contributed by atoms with E-state index in [2.05, 4.69) is 238 Å². The van der Waals surface area contributed by atoms with E-state index in [0.29, 0.717) is 0 Å². The van der Waals surface area contributed by atoms with Crippen molar-refractivity contribution in [2.45, 2.75) is 0 Å². The molecule has 0 saturated heterocycles. The first-order valence-corrected chi connectivity index (χ1v) is 22.5. The van der Waals surface area contributed by atoms with Crippen LogP contribution in [0.1, 0.15) is 0 Å². The zero-order chi connectivity index (χ0) is 43.5. The van der Waals surface area contributed by atoms with Crippen molar-refractivity contribution in [2.75, 3.05) is 0 Å². The van der Waals surface area contributed by atoms with Gasteiger partial charge in [-0.2, -0.15) is 0 Å². The normalized spacial score (nSPS) is 11.9. The highest BCUT2D eigenvalue weighted by Gasteiger charge is 2.26. The molecule has 0 bridgehead atoms. The zero-order valence-corrected chi connectivity index (χ0v) is 37.5. The number of benzene rings is 9. The maximum Gasteiger partial charge on any atom is 0.141 e. The van der Waals surface area contributed by atoms with Crippen LogP contribution in [-0.2, 0) is 0 Å². The minimum absolute atomic E-state index is 1.15. The van der Waals surface area contributed by atoms with Crippen LogP contribution in [0.4, 0.5) is 0 Å². The summed E-state index contributed by atoms with van der Waals surface area (Å²) >= 11 is 0. The molecule has 0 saturated carbocycles. The molecule has 0 atom stereocenters. The van der Waals surface area contributed by atoms with Crippen LogP contribution in [0.5, 0.6) is 0 Å². The van der Waals surface area contributed by atoms with E-state index in [9.17, 15) is 0 Å². The van der Waals surface area contributed by atoms with Crippen LogP contribution in [0.25, 0.3) is 105 Å². The van der Waals surface area contributed by atoms with Gasteiger partial charge in [-0.3, -0.25) is 0 Å². The molecular weight excluding hydrogens is 766 g/mol. The van der Waals surface area contributed by atoms with Crippen molar-refractivity contribution in [1.29, 1.82) is 0 Å². The molecule has 3 nitrogen and oxygen atoms in total. The molecule has 0 N–H and O–H groups in total. The van der Waals surface area contributed by atoms with Crippen LogP contribution in [0, 0.1) is 0 Å². The van der Waals surface area contributed by atoms with Gasteiger partial charge < -0.3 is 13.7 Å². The summed E-state index contributed by atoms with van der Waals surface area (Å²) in [6.07, 6.45) is 0. The Hall–Kier alpha value is -7.17. The number of hydrogen-bond acceptors (Lipinski definition) is 0. The van der Waals surface area contributed by atoms with Gasteiger partial charge in [0.05, 0.1) is 22.1 Å². The van der Waals surface area contributed by atoms with Crippen molar-refractivity contribution in [1.82, 2.24) is 13.7 Å². The Kier molecular flexibility index (Phi) is 8.69. The van der Waals surface area contributed by atoms with Gasteiger partial charge in [-0.15, -0.1) is 5.46 Å². The molecule has 64 heavy (non-hydrogen) atoms. The van der Waals surface area contributed by atoms with Crippen LogP contribution < -0.4 is 38.2 Å². The van der Waals surface area contributed by atoms with Crippen molar-refractivity contribution < 1.29 is 0 Å². The van der Waals surface area contributed by atoms with Crippen LogP contribution in [0.3, 0.4) is 0 Å². The molecule has 3 heterocycles. The molecule has 0 radical (unpaired) electrons. The van der Waals surface area contributed by atoms with E-state index in [1.165, 1.54) is 132 Å². The molecule has 0 aliphatic heterocycles. The second-order valence-corrected chi connectivity index (χ2v) is 17.9. The number of rotatable bonds is 5. The van der Waals surface area contributed by atoms with Gasteiger partial charge in [0, 0.05) is 55.0 Å². The molecule has 0 spiro atoms. The number of aromatic nitrogens is 3. The summed E-state index contributed by atoms with van der Waals surface area (Å²) in [5, 5.41) is 7.79. The number of nitrogens with zero attached hydrogens (tertiary/aromatic N) is 3. The van der Waals surface area contributed by atoms with E-state index in [1.807, 2.05) is 0 Å². The van der Waals surface area contributed by atoms with Crippen molar-refractivity contribution >= 4 is 159 Å². The first kappa shape index (κ1) is 38.5. The molecule has 0 aliphatic rings. The summed E-state index contributed by atoms with van der Waals surface area (Å²) < 4.78 is 7.50. The van der Waals surface area contributed by atoms with E-state index >= 15 is 0 Å². The van der Waals surface area contributed by atoms with Gasteiger partial charge >= 0.3 is 0 Å². The summed E-state index contributed by atoms with van der Waals surface area (Å²) in [7, 11) is 16.3. The first-order chi connectivity index (χ1) is 31.2. The van der Waals surface area contributed by atoms with Gasteiger partial charge in [0.2, 0.25) is 0 Å². The summed E-state index contributed by atoms with van der Waals surface area (Å²) in [6.45, 7) is 0. The van der Waals surface area contributed by atoms with E-state index in [0.717, 1.165) is 11.4 Å². The molecule has 10 heteroatoms. The monoisotopic (exact) mass is 809 g/mol. The fraction of sp³-hybridized carbons (Fsp3) is 0. The third-order valence-electron chi connectivity index (χ3n) is 14.7. The van der Waals surface area contributed by atoms with E-state index in [4.69, 9.17) is 0 Å². The maximum atomic E-state index is 2.55. The fourth-order valence-electron chi connectivity index (χ4n) is 11.3. The summed E-state index contributed by atoms with van der Waals surface area (Å²) in [5.74, 6) is 0.